The van der Waals surface area contributed by atoms with Gasteiger partial charge in [0.25, 0.3) is 0 Å². The van der Waals surface area contributed by atoms with Crippen LogP contribution in [0.1, 0.15) is 27.2 Å². The van der Waals surface area contributed by atoms with E-state index in [9.17, 15) is 19.5 Å². The van der Waals surface area contributed by atoms with Crippen molar-refractivity contribution in [2.24, 2.45) is 17.8 Å². The number of fused-ring (bicyclic) bond motifs is 2. The number of amides is 3. The Kier molecular flexibility index (Phi) is 7.20. The van der Waals surface area contributed by atoms with Gasteiger partial charge in [-0.25, -0.2) is 0 Å². The van der Waals surface area contributed by atoms with Gasteiger partial charge in [0.1, 0.15) is 11.8 Å². The second-order valence-corrected chi connectivity index (χ2v) is 12.9. The molecule has 3 aromatic carbocycles. The molecule has 0 radical (unpaired) electrons. The van der Waals surface area contributed by atoms with Gasteiger partial charge < -0.3 is 25.4 Å². The summed E-state index contributed by atoms with van der Waals surface area (Å²) in [5, 5.41) is 18.2. The molecule has 6 rings (SSSR count). The van der Waals surface area contributed by atoms with Crippen LogP contribution < -0.4 is 15.4 Å². The number of thioether (sulfide) groups is 1. The number of nitrogens with one attached hydrogen (secondary N) is 2. The zero-order valence-electron chi connectivity index (χ0n) is 23.4. The molecule has 214 valence electrons. The monoisotopic (exact) mass is 573 g/mol. The molecule has 2 bridgehead atoms. The SMILES string of the molecule is CCOc1ccc(NC(=O)[C@@H]2[C@@H]3CC(C)C4(S3)C(C(=O)Nc3ccc5ccccc5c3)N([C@H](C)CO)C(=O)[C@H]24)cc1. The van der Waals surface area contributed by atoms with E-state index in [2.05, 4.69) is 17.6 Å². The lowest BCUT2D eigenvalue weighted by Gasteiger charge is -2.39. The molecule has 9 heteroatoms. The van der Waals surface area contributed by atoms with Gasteiger partial charge >= 0.3 is 0 Å². The molecule has 3 saturated heterocycles. The lowest BCUT2D eigenvalue weighted by Crippen LogP contribution is -2.56. The summed E-state index contributed by atoms with van der Waals surface area (Å²) >= 11 is 1.61. The van der Waals surface area contributed by atoms with E-state index in [0.29, 0.717) is 23.7 Å². The van der Waals surface area contributed by atoms with Gasteiger partial charge in [-0.05, 0) is 73.4 Å². The van der Waals surface area contributed by atoms with Crippen LogP contribution in [0.3, 0.4) is 0 Å². The Balaban J connectivity index is 1.32. The van der Waals surface area contributed by atoms with Crippen LogP contribution in [0.25, 0.3) is 10.8 Å². The van der Waals surface area contributed by atoms with Crippen LogP contribution in [0.5, 0.6) is 5.75 Å². The number of hydrogen-bond donors (Lipinski definition) is 3. The van der Waals surface area contributed by atoms with E-state index in [1.807, 2.05) is 49.4 Å². The molecule has 3 aromatic rings. The Bertz CT molecular complexity index is 1500. The zero-order chi connectivity index (χ0) is 28.9. The summed E-state index contributed by atoms with van der Waals surface area (Å²) in [6, 6.07) is 19.5. The van der Waals surface area contributed by atoms with Crippen molar-refractivity contribution in [3.05, 3.63) is 66.7 Å². The molecule has 3 heterocycles. The van der Waals surface area contributed by atoms with E-state index in [4.69, 9.17) is 4.74 Å². The molecule has 3 aliphatic heterocycles. The quantitative estimate of drug-likeness (QED) is 0.366. The van der Waals surface area contributed by atoms with Crippen molar-refractivity contribution < 1.29 is 24.2 Å². The lowest BCUT2D eigenvalue weighted by molar-refractivity contribution is -0.140. The molecule has 1 spiro atoms. The first-order chi connectivity index (χ1) is 19.8. The first-order valence-electron chi connectivity index (χ1n) is 14.2. The molecule has 0 aliphatic carbocycles. The number of rotatable bonds is 8. The van der Waals surface area contributed by atoms with Gasteiger partial charge in [-0.15, -0.1) is 11.8 Å². The summed E-state index contributed by atoms with van der Waals surface area (Å²) in [4.78, 5) is 43.6. The summed E-state index contributed by atoms with van der Waals surface area (Å²) in [7, 11) is 0. The molecule has 7 atom stereocenters. The maximum absolute atomic E-state index is 14.2. The second-order valence-electron chi connectivity index (χ2n) is 11.3. The van der Waals surface area contributed by atoms with Crippen molar-refractivity contribution in [3.63, 3.8) is 0 Å². The van der Waals surface area contributed by atoms with E-state index < -0.39 is 28.7 Å². The topological polar surface area (TPSA) is 108 Å². The van der Waals surface area contributed by atoms with Crippen LogP contribution in [0.2, 0.25) is 0 Å². The summed E-state index contributed by atoms with van der Waals surface area (Å²) in [5.41, 5.74) is 1.28. The molecule has 3 aliphatic rings. The molecular formula is C32H35N3O5S. The largest absolute Gasteiger partial charge is 0.494 e. The predicted octanol–water partition coefficient (Wildman–Crippen LogP) is 4.53. The second kappa shape index (κ2) is 10.7. The summed E-state index contributed by atoms with van der Waals surface area (Å²) < 4.78 is 4.73. The third-order valence-electron chi connectivity index (χ3n) is 8.92. The highest BCUT2D eigenvalue weighted by atomic mass is 32.2. The minimum atomic E-state index is -0.818. The maximum atomic E-state index is 14.2. The summed E-state index contributed by atoms with van der Waals surface area (Å²) in [6.45, 7) is 6.02. The summed E-state index contributed by atoms with van der Waals surface area (Å²) in [6.07, 6.45) is 0.733. The molecule has 3 unspecified atom stereocenters. The van der Waals surface area contributed by atoms with Gasteiger partial charge in [0.05, 0.1) is 35.8 Å². The third kappa shape index (κ3) is 4.46. The van der Waals surface area contributed by atoms with Crippen LogP contribution in [0.15, 0.2) is 66.7 Å². The zero-order valence-corrected chi connectivity index (χ0v) is 24.2. The highest BCUT2D eigenvalue weighted by Gasteiger charge is 2.76. The smallest absolute Gasteiger partial charge is 0.248 e. The van der Waals surface area contributed by atoms with Crippen molar-refractivity contribution in [3.8, 4) is 5.75 Å². The van der Waals surface area contributed by atoms with E-state index in [-0.39, 0.29) is 35.5 Å². The third-order valence-corrected chi connectivity index (χ3v) is 11.0. The standard InChI is InChI=1S/C32H35N3O5S/c1-4-40-24-13-11-22(12-14-24)33-29(37)26-25-15-18(2)32(41-25)27(26)31(39)35(19(3)17-36)28(32)30(38)34-23-10-9-20-7-5-6-8-21(20)16-23/h5-14,16,18-19,25-28,36H,4,15,17H2,1-3H3,(H,33,37)(H,34,38)/t18?,19-,25+,26-,27+,28?,32?/m1/s1. The van der Waals surface area contributed by atoms with Crippen molar-refractivity contribution in [2.75, 3.05) is 23.8 Å². The molecule has 0 aromatic heterocycles. The Labute approximate surface area is 243 Å². The van der Waals surface area contributed by atoms with Gasteiger partial charge in [-0.3, -0.25) is 14.4 Å². The Morgan fingerprint density at radius 2 is 1.73 bits per heavy atom. The number of ether oxygens (including phenoxy) is 1. The normalized spacial score (nSPS) is 28.9. The van der Waals surface area contributed by atoms with Crippen molar-refractivity contribution >= 4 is 51.6 Å². The van der Waals surface area contributed by atoms with Crippen LogP contribution in [-0.2, 0) is 14.4 Å². The highest BCUT2D eigenvalue weighted by molar-refractivity contribution is 8.02. The fraction of sp³-hybridized carbons (Fsp3) is 0.406. The minimum Gasteiger partial charge on any atom is -0.494 e. The minimum absolute atomic E-state index is 0.0317. The van der Waals surface area contributed by atoms with Crippen LogP contribution in [-0.4, -0.2) is 63.0 Å². The van der Waals surface area contributed by atoms with Crippen molar-refractivity contribution in [1.29, 1.82) is 0 Å². The number of aliphatic hydroxyl groups is 1. The molecule has 41 heavy (non-hydrogen) atoms. The average molecular weight is 574 g/mol. The van der Waals surface area contributed by atoms with Gasteiger partial charge in [0.15, 0.2) is 0 Å². The number of carbonyl (C=O) groups is 3. The average Bonchev–Trinajstić information content (AvgIpc) is 3.57. The molecule has 3 fully saturated rings. The molecule has 3 amide bonds. The summed E-state index contributed by atoms with van der Waals surface area (Å²) in [5.74, 6) is -1.24. The number of aliphatic hydroxyl groups excluding tert-OH is 1. The van der Waals surface area contributed by atoms with Crippen molar-refractivity contribution in [2.45, 2.75) is 49.3 Å². The van der Waals surface area contributed by atoms with Crippen LogP contribution >= 0.6 is 11.8 Å². The fourth-order valence-corrected chi connectivity index (χ4v) is 9.53. The molecular weight excluding hydrogens is 538 g/mol. The van der Waals surface area contributed by atoms with E-state index in [1.165, 1.54) is 0 Å². The fourth-order valence-electron chi connectivity index (χ4n) is 7.13. The number of carbonyl (C=O) groups excluding carboxylic acids is 3. The molecule has 3 N–H and O–H groups in total. The van der Waals surface area contributed by atoms with E-state index >= 15 is 0 Å². The Hall–Kier alpha value is -3.56. The van der Waals surface area contributed by atoms with Crippen LogP contribution in [0, 0.1) is 17.8 Å². The first-order valence-corrected chi connectivity index (χ1v) is 15.1. The highest BCUT2D eigenvalue weighted by Crippen LogP contribution is 2.68. The van der Waals surface area contributed by atoms with Gasteiger partial charge in [-0.2, -0.15) is 0 Å². The number of anilines is 2. The van der Waals surface area contributed by atoms with E-state index in [0.717, 1.165) is 17.2 Å². The van der Waals surface area contributed by atoms with Gasteiger partial charge in [0, 0.05) is 16.6 Å². The Morgan fingerprint density at radius 3 is 2.44 bits per heavy atom. The number of benzene rings is 3. The molecule has 8 nitrogen and oxygen atoms in total. The lowest BCUT2D eigenvalue weighted by atomic mass is 9.66. The van der Waals surface area contributed by atoms with Crippen LogP contribution in [0.4, 0.5) is 11.4 Å². The van der Waals surface area contributed by atoms with Gasteiger partial charge in [-0.1, -0.05) is 37.3 Å². The predicted molar refractivity (Wildman–Crippen MR) is 161 cm³/mol. The number of likely N-dealkylation sites (tertiary alicyclic amines) is 1. The Morgan fingerprint density at radius 1 is 1.05 bits per heavy atom. The van der Waals surface area contributed by atoms with E-state index in [1.54, 1.807) is 47.9 Å². The first kappa shape index (κ1) is 27.6. The number of nitrogens with zero attached hydrogens (tertiary/aromatic N) is 1. The number of hydrogen-bond acceptors (Lipinski definition) is 6. The molecule has 0 saturated carbocycles. The van der Waals surface area contributed by atoms with Gasteiger partial charge in [0.2, 0.25) is 17.7 Å². The maximum Gasteiger partial charge on any atom is 0.248 e. The van der Waals surface area contributed by atoms with Crippen molar-refractivity contribution in [1.82, 2.24) is 4.90 Å².